The van der Waals surface area contributed by atoms with Gasteiger partial charge in [0.25, 0.3) is 11.1 Å². The number of hydrogen-bond acceptors (Lipinski definition) is 7. The van der Waals surface area contributed by atoms with E-state index < -0.39 is 29.6 Å². The highest BCUT2D eigenvalue weighted by molar-refractivity contribution is 8.18. The third-order valence-electron chi connectivity index (χ3n) is 4.36. The maximum absolute atomic E-state index is 12.6. The number of pyridine rings is 1. The summed E-state index contributed by atoms with van der Waals surface area (Å²) in [5.41, 5.74) is 1.08. The Morgan fingerprint density at radius 1 is 1.28 bits per heavy atom. The topological polar surface area (TPSA) is 106 Å². The number of amides is 3. The summed E-state index contributed by atoms with van der Waals surface area (Å²) >= 11 is 6.83. The second-order valence-electron chi connectivity index (χ2n) is 6.79. The lowest BCUT2D eigenvalue weighted by Crippen LogP contribution is -2.36. The lowest BCUT2D eigenvalue weighted by molar-refractivity contribution is -0.127. The second-order valence-corrected chi connectivity index (χ2v) is 8.19. The molecular weight excluding hydrogens is 454 g/mol. The lowest BCUT2D eigenvalue weighted by atomic mass is 10.2. The van der Waals surface area contributed by atoms with Crippen LogP contribution in [0.25, 0.3) is 6.08 Å². The third-order valence-corrected chi connectivity index (χ3v) is 5.60. The van der Waals surface area contributed by atoms with Crippen LogP contribution in [0.15, 0.2) is 47.6 Å². The Morgan fingerprint density at radius 2 is 2.09 bits per heavy atom. The summed E-state index contributed by atoms with van der Waals surface area (Å²) in [6, 6.07) is 7.83. The summed E-state index contributed by atoms with van der Waals surface area (Å²) in [6.45, 7) is 1.78. The number of rotatable bonds is 8. The number of nitrogens with one attached hydrogen (secondary N) is 1. The van der Waals surface area contributed by atoms with E-state index in [1.165, 1.54) is 18.2 Å². The first-order valence-electron chi connectivity index (χ1n) is 9.81. The Kier molecular flexibility index (Phi) is 8.02. The molecule has 0 aliphatic carbocycles. The first-order valence-corrected chi connectivity index (χ1v) is 11.0. The van der Waals surface area contributed by atoms with Gasteiger partial charge in [0.05, 0.1) is 22.1 Å². The fourth-order valence-corrected chi connectivity index (χ4v) is 3.77. The van der Waals surface area contributed by atoms with Gasteiger partial charge in [-0.15, -0.1) is 0 Å². The van der Waals surface area contributed by atoms with Crippen molar-refractivity contribution in [3.05, 3.63) is 63.8 Å². The number of unbranched alkanes of at least 4 members (excludes halogenated alkanes) is 1. The number of halogens is 1. The van der Waals surface area contributed by atoms with Gasteiger partial charge >= 0.3 is 5.97 Å². The SMILES string of the molecule is CCCCOC(=O)c1cc(NC(=O)CN2C(=O)S/C(=C/c3cccnc3)C2=O)ccc1Cl. The molecule has 2 heterocycles. The number of aromatic nitrogens is 1. The minimum atomic E-state index is -0.595. The van der Waals surface area contributed by atoms with Crippen LogP contribution in [-0.4, -0.2) is 46.1 Å². The number of hydrogen-bond donors (Lipinski definition) is 1. The van der Waals surface area contributed by atoms with Crippen LogP contribution >= 0.6 is 23.4 Å². The molecule has 1 aromatic carbocycles. The van der Waals surface area contributed by atoms with Crippen LogP contribution in [0.1, 0.15) is 35.7 Å². The molecule has 1 fully saturated rings. The van der Waals surface area contributed by atoms with Gasteiger partial charge in [0.15, 0.2) is 0 Å². The smallest absolute Gasteiger partial charge is 0.339 e. The molecule has 10 heteroatoms. The monoisotopic (exact) mass is 473 g/mol. The molecule has 0 saturated carbocycles. The van der Waals surface area contributed by atoms with Gasteiger partial charge in [-0.25, -0.2) is 4.79 Å². The molecule has 2 aromatic rings. The highest BCUT2D eigenvalue weighted by Crippen LogP contribution is 2.32. The van der Waals surface area contributed by atoms with Crippen molar-refractivity contribution >= 4 is 58.1 Å². The van der Waals surface area contributed by atoms with Crippen LogP contribution in [-0.2, 0) is 14.3 Å². The van der Waals surface area contributed by atoms with Crippen molar-refractivity contribution in [2.75, 3.05) is 18.5 Å². The van der Waals surface area contributed by atoms with E-state index in [1.54, 1.807) is 30.6 Å². The molecular formula is C22H20ClN3O5S. The Bertz CT molecular complexity index is 1070. The minimum Gasteiger partial charge on any atom is -0.462 e. The number of nitrogens with zero attached hydrogens (tertiary/aromatic N) is 2. The zero-order valence-corrected chi connectivity index (χ0v) is 18.7. The number of esters is 1. The number of anilines is 1. The van der Waals surface area contributed by atoms with E-state index in [0.717, 1.165) is 29.5 Å². The second kappa shape index (κ2) is 10.9. The van der Waals surface area contributed by atoms with E-state index in [0.29, 0.717) is 11.3 Å². The van der Waals surface area contributed by atoms with Gasteiger partial charge < -0.3 is 10.1 Å². The van der Waals surface area contributed by atoms with Gasteiger partial charge in [0.2, 0.25) is 5.91 Å². The van der Waals surface area contributed by atoms with Crippen LogP contribution < -0.4 is 5.32 Å². The van der Waals surface area contributed by atoms with E-state index in [4.69, 9.17) is 16.3 Å². The van der Waals surface area contributed by atoms with Crippen molar-refractivity contribution in [1.82, 2.24) is 9.88 Å². The standard InChI is InChI=1S/C22H20ClN3O5S/c1-2-3-9-31-21(29)16-11-15(6-7-17(16)23)25-19(27)13-26-20(28)18(32-22(26)30)10-14-5-4-8-24-12-14/h4-8,10-12H,2-3,9,13H2,1H3,(H,25,27)/b18-10+. The molecule has 0 unspecified atom stereocenters. The summed E-state index contributed by atoms with van der Waals surface area (Å²) in [5.74, 6) is -1.75. The normalized spacial score (nSPS) is 14.7. The molecule has 0 spiro atoms. The zero-order chi connectivity index (χ0) is 23.1. The van der Waals surface area contributed by atoms with E-state index in [9.17, 15) is 19.2 Å². The largest absolute Gasteiger partial charge is 0.462 e. The average Bonchev–Trinajstić information content (AvgIpc) is 3.03. The Hall–Kier alpha value is -3.17. The van der Waals surface area contributed by atoms with Crippen LogP contribution in [0.2, 0.25) is 5.02 Å². The van der Waals surface area contributed by atoms with Gasteiger partial charge in [-0.1, -0.05) is 31.0 Å². The maximum Gasteiger partial charge on any atom is 0.339 e. The van der Waals surface area contributed by atoms with E-state index in [2.05, 4.69) is 10.3 Å². The molecule has 3 rings (SSSR count). The molecule has 0 bridgehead atoms. The molecule has 1 saturated heterocycles. The summed E-state index contributed by atoms with van der Waals surface area (Å²) in [5, 5.41) is 2.22. The molecule has 1 N–H and O–H groups in total. The first-order chi connectivity index (χ1) is 15.4. The molecule has 8 nitrogen and oxygen atoms in total. The third kappa shape index (κ3) is 5.95. The number of carbonyl (C=O) groups is 4. The summed E-state index contributed by atoms with van der Waals surface area (Å²) in [7, 11) is 0. The Balaban J connectivity index is 1.65. The van der Waals surface area contributed by atoms with Crippen LogP contribution in [0.4, 0.5) is 10.5 Å². The Labute approximate surface area is 194 Å². The predicted octanol–water partition coefficient (Wildman–Crippen LogP) is 4.37. The predicted molar refractivity (Wildman–Crippen MR) is 122 cm³/mol. The van der Waals surface area contributed by atoms with Crippen molar-refractivity contribution < 1.29 is 23.9 Å². The number of benzene rings is 1. The highest BCUT2D eigenvalue weighted by Gasteiger charge is 2.36. The molecule has 166 valence electrons. The molecule has 0 atom stereocenters. The van der Waals surface area contributed by atoms with E-state index >= 15 is 0 Å². The molecule has 32 heavy (non-hydrogen) atoms. The van der Waals surface area contributed by atoms with E-state index in [1.807, 2.05) is 6.92 Å². The fraction of sp³-hybridized carbons (Fsp3) is 0.227. The van der Waals surface area contributed by atoms with Gasteiger partial charge in [0.1, 0.15) is 6.54 Å². The number of thioether (sulfide) groups is 1. The van der Waals surface area contributed by atoms with Crippen LogP contribution in [0.3, 0.4) is 0 Å². The average molecular weight is 474 g/mol. The molecule has 0 radical (unpaired) electrons. The molecule has 1 aromatic heterocycles. The lowest BCUT2D eigenvalue weighted by Gasteiger charge is -2.13. The van der Waals surface area contributed by atoms with Crippen LogP contribution in [0.5, 0.6) is 0 Å². The van der Waals surface area contributed by atoms with Crippen molar-refractivity contribution in [2.24, 2.45) is 0 Å². The Morgan fingerprint density at radius 3 is 2.81 bits per heavy atom. The number of carbonyl (C=O) groups excluding carboxylic acids is 4. The highest BCUT2D eigenvalue weighted by atomic mass is 35.5. The van der Waals surface area contributed by atoms with E-state index in [-0.39, 0.29) is 22.1 Å². The summed E-state index contributed by atoms with van der Waals surface area (Å²) in [4.78, 5) is 54.5. The quantitative estimate of drug-likeness (QED) is 0.344. The first kappa shape index (κ1) is 23.5. The minimum absolute atomic E-state index is 0.117. The van der Waals surface area contributed by atoms with Crippen molar-refractivity contribution in [1.29, 1.82) is 0 Å². The van der Waals surface area contributed by atoms with Crippen LogP contribution in [0, 0.1) is 0 Å². The maximum atomic E-state index is 12.6. The molecule has 1 aliphatic rings. The zero-order valence-electron chi connectivity index (χ0n) is 17.2. The molecule has 1 aliphatic heterocycles. The van der Waals surface area contributed by atoms with Gasteiger partial charge in [-0.05, 0) is 54.1 Å². The number of ether oxygens (including phenoxy) is 1. The summed E-state index contributed by atoms with van der Waals surface area (Å²) in [6.07, 6.45) is 6.31. The van der Waals surface area contributed by atoms with Crippen molar-refractivity contribution in [3.63, 3.8) is 0 Å². The fourth-order valence-electron chi connectivity index (χ4n) is 2.74. The van der Waals surface area contributed by atoms with Gasteiger partial charge in [-0.2, -0.15) is 0 Å². The van der Waals surface area contributed by atoms with Crippen molar-refractivity contribution in [2.45, 2.75) is 19.8 Å². The van der Waals surface area contributed by atoms with Gasteiger partial charge in [0, 0.05) is 18.1 Å². The number of imide groups is 1. The van der Waals surface area contributed by atoms with Gasteiger partial charge in [-0.3, -0.25) is 24.3 Å². The molecule has 3 amide bonds. The van der Waals surface area contributed by atoms with Crippen molar-refractivity contribution in [3.8, 4) is 0 Å². The summed E-state index contributed by atoms with van der Waals surface area (Å²) < 4.78 is 5.16.